The lowest BCUT2D eigenvalue weighted by Gasteiger charge is -2.65. The molecule has 19 nitrogen and oxygen atoms in total. The number of cyclic esters (lactones) is 1. The number of hydrogen-bond donors (Lipinski definition) is 9. The summed E-state index contributed by atoms with van der Waals surface area (Å²) in [4.78, 5) is 12.0. The van der Waals surface area contributed by atoms with Crippen LogP contribution in [-0.2, 0) is 47.4 Å². The number of carbonyl (C=O) groups excluding carboxylic acids is 1. The molecule has 9 rings (SSSR count). The van der Waals surface area contributed by atoms with Crippen LogP contribution in [0.4, 0.5) is 0 Å². The van der Waals surface area contributed by atoms with Gasteiger partial charge in [0.25, 0.3) is 0 Å². The summed E-state index contributed by atoms with van der Waals surface area (Å²) in [6.07, 6.45) is -10.8. The van der Waals surface area contributed by atoms with Crippen molar-refractivity contribution in [3.8, 4) is 0 Å². The molecule has 0 aromatic heterocycles. The van der Waals surface area contributed by atoms with E-state index in [4.69, 9.17) is 42.6 Å². The van der Waals surface area contributed by atoms with Gasteiger partial charge >= 0.3 is 5.97 Å². The van der Waals surface area contributed by atoms with E-state index in [2.05, 4.69) is 6.92 Å². The molecule has 5 aliphatic heterocycles. The summed E-state index contributed by atoms with van der Waals surface area (Å²) in [5, 5.41) is 98.4. The summed E-state index contributed by atoms with van der Waals surface area (Å²) < 4.78 is 53.9. The first-order chi connectivity index (χ1) is 31.2. The van der Waals surface area contributed by atoms with Crippen molar-refractivity contribution in [3.05, 3.63) is 11.6 Å². The van der Waals surface area contributed by atoms with Crippen molar-refractivity contribution in [3.63, 3.8) is 0 Å². The summed E-state index contributed by atoms with van der Waals surface area (Å²) in [5.74, 6) is 0.0825. The molecule has 9 N–H and O–H groups in total. The number of esters is 1. The van der Waals surface area contributed by atoms with E-state index in [9.17, 15) is 50.8 Å². The molecule has 4 saturated heterocycles. The van der Waals surface area contributed by atoms with Gasteiger partial charge in [-0.25, -0.2) is 4.79 Å². The van der Waals surface area contributed by atoms with Crippen LogP contribution < -0.4 is 0 Å². The van der Waals surface area contributed by atoms with Crippen LogP contribution in [0.3, 0.4) is 0 Å². The Hall–Kier alpha value is -1.47. The van der Waals surface area contributed by atoms with Gasteiger partial charge in [-0.15, -0.1) is 0 Å². The van der Waals surface area contributed by atoms with Crippen molar-refractivity contribution < 1.29 is 93.4 Å². The van der Waals surface area contributed by atoms with Crippen molar-refractivity contribution >= 4 is 5.97 Å². The van der Waals surface area contributed by atoms with Crippen LogP contribution in [0.25, 0.3) is 0 Å². The van der Waals surface area contributed by atoms with Gasteiger partial charge in [0.2, 0.25) is 0 Å². The normalized spacial score (nSPS) is 55.3. The maximum atomic E-state index is 12.6. The molecule has 4 saturated carbocycles. The van der Waals surface area contributed by atoms with Gasteiger partial charge in [0.15, 0.2) is 25.2 Å². The van der Waals surface area contributed by atoms with E-state index in [0.717, 1.165) is 44.1 Å². The summed E-state index contributed by atoms with van der Waals surface area (Å²) in [7, 11) is 0. The molecule has 9 aliphatic rings. The predicted octanol–water partition coefficient (Wildman–Crippen LogP) is 0.0423. The fourth-order valence-electron chi connectivity index (χ4n) is 14.3. The molecular weight excluding hydrogens is 868 g/mol. The van der Waals surface area contributed by atoms with Gasteiger partial charge in [0.1, 0.15) is 49.3 Å². The quantitative estimate of drug-likeness (QED) is 0.103. The monoisotopic (exact) mass is 942 g/mol. The van der Waals surface area contributed by atoms with Crippen molar-refractivity contribution in [2.45, 2.75) is 228 Å². The predicted molar refractivity (Wildman–Crippen MR) is 225 cm³/mol. The number of hydrogen-bond acceptors (Lipinski definition) is 19. The molecule has 66 heavy (non-hydrogen) atoms. The summed E-state index contributed by atoms with van der Waals surface area (Å²) in [6.45, 7) is 9.11. The lowest BCUT2D eigenvalue weighted by molar-refractivity contribution is -0.355. The van der Waals surface area contributed by atoms with E-state index >= 15 is 0 Å². The Balaban J connectivity index is 0.737. The molecule has 0 unspecified atom stereocenters. The van der Waals surface area contributed by atoms with E-state index in [1.54, 1.807) is 19.9 Å². The molecule has 26 atom stereocenters. The zero-order chi connectivity index (χ0) is 47.2. The number of aliphatic hydroxyl groups excluding tert-OH is 8. The Labute approximate surface area is 385 Å². The standard InChI is InChI=1S/C47H74O19/c1-20-41(64-36-16-30(50)42(21(2)60-36)65-37-17-31(51)43(22(3)61-37)66-44-40(56)39(55)38(54)32(18-48)63-44)29(49)15-35(59-20)62-25-8-10-45(4)24(13-25)6-7-27-28(45)14-33(52)46(5)26(9-11-47(27,46)57)23-12-34(53)58-19-23/h12,20-22,24-33,35-44,48-52,54-57H,6-11,13-19H2,1-5H3/t20-,21-,22-,24+,25+,26+,27+,28-,29+,30+,31+,32+,33+,35+,36-,37-,38+,39-,40+,41-,42+,43+,44-,45-,46+,47+/m1/s1. The molecule has 19 heteroatoms. The van der Waals surface area contributed by atoms with Crippen LogP contribution in [-0.4, -0.2) is 187 Å². The first-order valence-electron chi connectivity index (χ1n) is 24.5. The first-order valence-corrected chi connectivity index (χ1v) is 24.5. The Kier molecular flexibility index (Phi) is 14.2. The Morgan fingerprint density at radius 3 is 1.77 bits per heavy atom. The van der Waals surface area contributed by atoms with Crippen molar-refractivity contribution in [2.75, 3.05) is 13.2 Å². The number of rotatable bonds is 10. The maximum absolute atomic E-state index is 12.6. The second-order valence-electron chi connectivity index (χ2n) is 21.6. The van der Waals surface area contributed by atoms with E-state index < -0.39 is 128 Å². The number of aliphatic hydroxyl groups is 9. The SMILES string of the molecule is C[C@H]1O[C@H](O[C@H]2[C@@H](O)C[C@H](O[C@H]3CC[C@]4(C)[C@@H](CC[C@H]5[C@H]4C[C@H](O)[C@]4(C)[C@H](C6=CC(=O)OC6)CC[C@]54O)C3)O[C@@H]2C)C[C@H](O)[C@H]1O[C@@H]1C[C@H](O)[C@@H](O[C@H]2O[C@@H](CO)[C@H](O)[C@@H](O)[C@@H]2O)[C@@H](C)O1. The van der Waals surface area contributed by atoms with Gasteiger partial charge < -0.3 is 88.6 Å². The molecule has 0 bridgehead atoms. The van der Waals surface area contributed by atoms with Gasteiger partial charge in [-0.3, -0.25) is 0 Å². The van der Waals surface area contributed by atoms with Gasteiger partial charge in [0, 0.05) is 30.8 Å². The average Bonchev–Trinajstić information content (AvgIpc) is 3.82. The zero-order valence-corrected chi connectivity index (χ0v) is 38.7. The van der Waals surface area contributed by atoms with Crippen LogP contribution in [0.1, 0.15) is 105 Å². The largest absolute Gasteiger partial charge is 0.458 e. The highest BCUT2D eigenvalue weighted by Gasteiger charge is 2.71. The third-order valence-electron chi connectivity index (χ3n) is 18.1. The Bertz CT molecular complexity index is 1720. The summed E-state index contributed by atoms with van der Waals surface area (Å²) >= 11 is 0. The average molecular weight is 943 g/mol. The smallest absolute Gasteiger partial charge is 0.331 e. The van der Waals surface area contributed by atoms with Gasteiger partial charge in [-0.2, -0.15) is 0 Å². The number of fused-ring (bicyclic) bond motifs is 5. The van der Waals surface area contributed by atoms with Crippen molar-refractivity contribution in [1.29, 1.82) is 0 Å². The van der Waals surface area contributed by atoms with Gasteiger partial charge in [-0.05, 0) is 107 Å². The fraction of sp³-hybridized carbons (Fsp3) is 0.936. The topological polar surface area (TPSA) is 282 Å². The minimum Gasteiger partial charge on any atom is -0.458 e. The zero-order valence-electron chi connectivity index (χ0n) is 38.7. The second-order valence-corrected chi connectivity index (χ2v) is 21.6. The van der Waals surface area contributed by atoms with Crippen LogP contribution in [0, 0.1) is 34.5 Å². The summed E-state index contributed by atoms with van der Waals surface area (Å²) in [5.41, 5.74) is -0.989. The molecule has 5 heterocycles. The number of ether oxygens (including phenoxy) is 9. The minimum atomic E-state index is -1.65. The van der Waals surface area contributed by atoms with Crippen LogP contribution >= 0.6 is 0 Å². The third kappa shape index (κ3) is 8.64. The highest BCUT2D eigenvalue weighted by atomic mass is 16.8. The van der Waals surface area contributed by atoms with Crippen LogP contribution in [0.15, 0.2) is 11.6 Å². The molecule has 0 spiro atoms. The second kappa shape index (κ2) is 18.9. The molecule has 4 aliphatic carbocycles. The molecule has 0 radical (unpaired) electrons. The Morgan fingerprint density at radius 2 is 1.23 bits per heavy atom. The fourth-order valence-corrected chi connectivity index (χ4v) is 14.3. The Morgan fingerprint density at radius 1 is 0.652 bits per heavy atom. The molecule has 376 valence electrons. The first kappa shape index (κ1) is 49.5. The van der Waals surface area contributed by atoms with E-state index in [1.165, 1.54) is 0 Å². The lowest BCUT2D eigenvalue weighted by atomic mass is 9.42. The minimum absolute atomic E-state index is 0.0188. The molecular formula is C47H74O19. The highest BCUT2D eigenvalue weighted by molar-refractivity contribution is 5.85. The lowest BCUT2D eigenvalue weighted by Crippen LogP contribution is -2.67. The maximum Gasteiger partial charge on any atom is 0.331 e. The van der Waals surface area contributed by atoms with Crippen LogP contribution in [0.5, 0.6) is 0 Å². The van der Waals surface area contributed by atoms with Gasteiger partial charge in [-0.1, -0.05) is 13.8 Å². The van der Waals surface area contributed by atoms with E-state index in [-0.39, 0.29) is 61.1 Å². The number of carbonyl (C=O) groups is 1. The molecule has 0 amide bonds. The van der Waals surface area contributed by atoms with Crippen LogP contribution in [0.2, 0.25) is 0 Å². The van der Waals surface area contributed by atoms with E-state index in [1.807, 2.05) is 13.8 Å². The molecule has 0 aromatic rings. The molecule has 8 fully saturated rings. The van der Waals surface area contributed by atoms with E-state index in [0.29, 0.717) is 18.8 Å². The highest BCUT2D eigenvalue weighted by Crippen LogP contribution is 2.70. The van der Waals surface area contributed by atoms with Crippen molar-refractivity contribution in [1.82, 2.24) is 0 Å². The molecule has 0 aromatic carbocycles. The van der Waals surface area contributed by atoms with Crippen molar-refractivity contribution in [2.24, 2.45) is 34.5 Å². The van der Waals surface area contributed by atoms with Gasteiger partial charge in [0.05, 0.1) is 61.0 Å². The third-order valence-corrected chi connectivity index (χ3v) is 18.1. The summed E-state index contributed by atoms with van der Waals surface area (Å²) in [6, 6.07) is 0.